The molecule has 0 aliphatic rings. The minimum absolute atomic E-state index is 0.990. The Hall–Kier alpha value is -0.350. The van der Waals surface area contributed by atoms with Gasteiger partial charge in [0.1, 0.15) is 4.60 Å². The molecule has 1 N–H and O–H groups in total. The molecular weight excluding hydrogens is 206 g/mol. The molecule has 0 spiro atoms. The van der Waals surface area contributed by atoms with Crippen LogP contribution in [0.4, 0.5) is 0 Å². The summed E-state index contributed by atoms with van der Waals surface area (Å²) in [4.78, 5) is 0. The van der Waals surface area contributed by atoms with Gasteiger partial charge in [0.25, 0.3) is 0 Å². The monoisotopic (exact) mass is 217 g/mol. The van der Waals surface area contributed by atoms with Crippen molar-refractivity contribution in [2.24, 2.45) is 7.05 Å². The van der Waals surface area contributed by atoms with E-state index >= 15 is 0 Å². The normalized spacial score (nSPS) is 10.5. The average Bonchev–Trinajstić information content (AvgIpc) is 2.31. The largest absolute Gasteiger partial charge is 0.319 e. The Morgan fingerprint density at radius 1 is 1.73 bits per heavy atom. The molecule has 1 aromatic heterocycles. The second-order valence-electron chi connectivity index (χ2n) is 2.44. The predicted octanol–water partition coefficient (Wildman–Crippen LogP) is 0.944. The molecule has 0 radical (unpaired) electrons. The topological polar surface area (TPSA) is 29.9 Å². The molecule has 1 heterocycles. The molecule has 0 aliphatic heterocycles. The minimum Gasteiger partial charge on any atom is -0.319 e. The molecule has 0 amide bonds. The number of nitrogens with zero attached hydrogens (tertiary/aromatic N) is 2. The van der Waals surface area contributed by atoms with E-state index in [4.69, 9.17) is 0 Å². The Morgan fingerprint density at radius 2 is 2.45 bits per heavy atom. The van der Waals surface area contributed by atoms with Gasteiger partial charge in [0.15, 0.2) is 0 Å². The summed E-state index contributed by atoms with van der Waals surface area (Å²) in [5, 5.41) is 7.21. The van der Waals surface area contributed by atoms with E-state index in [9.17, 15) is 0 Å². The van der Waals surface area contributed by atoms with Gasteiger partial charge in [-0.2, -0.15) is 5.10 Å². The van der Waals surface area contributed by atoms with Crippen LogP contribution >= 0.6 is 15.9 Å². The van der Waals surface area contributed by atoms with Crippen LogP contribution in [0.5, 0.6) is 0 Å². The third-order valence-corrected chi connectivity index (χ3v) is 2.60. The molecule has 0 atom stereocenters. The number of hydrogen-bond donors (Lipinski definition) is 1. The Morgan fingerprint density at radius 3 is 2.91 bits per heavy atom. The molecule has 0 saturated heterocycles. The Bertz CT molecular complexity index is 232. The number of likely N-dealkylation sites (N-methyl/N-ethyl adjacent to an activating group) is 1. The van der Waals surface area contributed by atoms with Gasteiger partial charge in [0.05, 0.1) is 6.20 Å². The van der Waals surface area contributed by atoms with Crippen molar-refractivity contribution in [3.05, 3.63) is 16.4 Å². The molecule has 0 unspecified atom stereocenters. The van der Waals surface area contributed by atoms with Crippen LogP contribution in [-0.2, 0) is 13.5 Å². The number of rotatable bonds is 3. The first kappa shape index (κ1) is 8.74. The van der Waals surface area contributed by atoms with E-state index in [1.165, 1.54) is 5.56 Å². The second-order valence-corrected chi connectivity index (χ2v) is 3.19. The van der Waals surface area contributed by atoms with E-state index in [2.05, 4.69) is 26.3 Å². The lowest BCUT2D eigenvalue weighted by atomic mass is 10.2. The molecule has 0 saturated carbocycles. The highest BCUT2D eigenvalue weighted by Gasteiger charge is 2.02. The molecule has 4 heteroatoms. The van der Waals surface area contributed by atoms with Crippen molar-refractivity contribution >= 4 is 15.9 Å². The van der Waals surface area contributed by atoms with E-state index in [0.29, 0.717) is 0 Å². The summed E-state index contributed by atoms with van der Waals surface area (Å²) in [5.41, 5.74) is 1.25. The zero-order valence-corrected chi connectivity index (χ0v) is 8.35. The summed E-state index contributed by atoms with van der Waals surface area (Å²) in [7, 11) is 3.87. The summed E-state index contributed by atoms with van der Waals surface area (Å²) in [6.45, 7) is 0.990. The van der Waals surface area contributed by atoms with Crippen molar-refractivity contribution in [3.63, 3.8) is 0 Å². The van der Waals surface area contributed by atoms with Gasteiger partial charge in [-0.15, -0.1) is 0 Å². The standard InChI is InChI=1S/C7H12BrN3/c1-9-4-3-6-5-10-11(2)7(6)8/h5,9H,3-4H2,1-2H3. The van der Waals surface area contributed by atoms with Crippen molar-refractivity contribution in [1.82, 2.24) is 15.1 Å². The first-order valence-corrected chi connectivity index (χ1v) is 4.36. The fourth-order valence-corrected chi connectivity index (χ4v) is 1.29. The summed E-state index contributed by atoms with van der Waals surface area (Å²) in [6.07, 6.45) is 2.91. The fraction of sp³-hybridized carbons (Fsp3) is 0.571. The molecule has 1 rings (SSSR count). The molecule has 0 aliphatic carbocycles. The molecule has 3 nitrogen and oxygen atoms in total. The van der Waals surface area contributed by atoms with Crippen LogP contribution in [0.25, 0.3) is 0 Å². The van der Waals surface area contributed by atoms with Gasteiger partial charge in [-0.25, -0.2) is 0 Å². The summed E-state index contributed by atoms with van der Waals surface area (Å²) >= 11 is 3.45. The van der Waals surface area contributed by atoms with Crippen LogP contribution in [0.1, 0.15) is 5.56 Å². The Balaban J connectivity index is 2.63. The number of aryl methyl sites for hydroxylation is 1. The maximum absolute atomic E-state index is 4.11. The lowest BCUT2D eigenvalue weighted by Gasteiger charge is -1.97. The first-order chi connectivity index (χ1) is 5.25. The Labute approximate surface area is 74.9 Å². The van der Waals surface area contributed by atoms with E-state index in [0.717, 1.165) is 17.6 Å². The fourth-order valence-electron chi connectivity index (χ4n) is 0.895. The van der Waals surface area contributed by atoms with Crippen molar-refractivity contribution < 1.29 is 0 Å². The number of aromatic nitrogens is 2. The summed E-state index contributed by atoms with van der Waals surface area (Å²) in [5.74, 6) is 0. The maximum Gasteiger partial charge on any atom is 0.106 e. The summed E-state index contributed by atoms with van der Waals surface area (Å²) < 4.78 is 2.90. The molecule has 11 heavy (non-hydrogen) atoms. The minimum atomic E-state index is 0.990. The van der Waals surface area contributed by atoms with E-state index < -0.39 is 0 Å². The highest BCUT2D eigenvalue weighted by atomic mass is 79.9. The van der Waals surface area contributed by atoms with E-state index in [1.807, 2.05) is 25.0 Å². The van der Waals surface area contributed by atoms with Gasteiger partial charge in [0, 0.05) is 12.6 Å². The van der Waals surface area contributed by atoms with Gasteiger partial charge in [-0.1, -0.05) is 0 Å². The second kappa shape index (κ2) is 3.88. The zero-order valence-electron chi connectivity index (χ0n) is 6.76. The first-order valence-electron chi connectivity index (χ1n) is 3.56. The number of nitrogens with one attached hydrogen (secondary N) is 1. The summed E-state index contributed by atoms with van der Waals surface area (Å²) in [6, 6.07) is 0. The van der Waals surface area contributed by atoms with Crippen LogP contribution in [0.2, 0.25) is 0 Å². The molecule has 1 aromatic rings. The van der Waals surface area contributed by atoms with Crippen LogP contribution in [-0.4, -0.2) is 23.4 Å². The smallest absolute Gasteiger partial charge is 0.106 e. The lowest BCUT2D eigenvalue weighted by Crippen LogP contribution is -2.10. The highest BCUT2D eigenvalue weighted by Crippen LogP contribution is 2.14. The molecular formula is C7H12BrN3. The SMILES string of the molecule is CNCCc1cnn(C)c1Br. The number of hydrogen-bond acceptors (Lipinski definition) is 2. The lowest BCUT2D eigenvalue weighted by molar-refractivity contribution is 0.743. The average molecular weight is 218 g/mol. The quantitative estimate of drug-likeness (QED) is 0.818. The molecule has 0 bridgehead atoms. The third-order valence-electron chi connectivity index (χ3n) is 1.58. The van der Waals surface area contributed by atoms with Crippen LogP contribution in [0, 0.1) is 0 Å². The van der Waals surface area contributed by atoms with E-state index in [-0.39, 0.29) is 0 Å². The predicted molar refractivity (Wildman–Crippen MR) is 48.5 cm³/mol. The van der Waals surface area contributed by atoms with Gasteiger partial charge in [0.2, 0.25) is 0 Å². The molecule has 0 fully saturated rings. The van der Waals surface area contributed by atoms with Gasteiger partial charge < -0.3 is 5.32 Å². The van der Waals surface area contributed by atoms with Gasteiger partial charge in [-0.05, 0) is 35.9 Å². The van der Waals surface area contributed by atoms with Crippen molar-refractivity contribution in [1.29, 1.82) is 0 Å². The number of halogens is 1. The molecule has 0 aromatic carbocycles. The van der Waals surface area contributed by atoms with Crippen LogP contribution in [0.15, 0.2) is 10.8 Å². The van der Waals surface area contributed by atoms with Gasteiger partial charge >= 0.3 is 0 Å². The van der Waals surface area contributed by atoms with E-state index in [1.54, 1.807) is 0 Å². The van der Waals surface area contributed by atoms with Crippen LogP contribution in [0.3, 0.4) is 0 Å². The third kappa shape index (κ3) is 2.04. The Kier molecular flexibility index (Phi) is 3.08. The van der Waals surface area contributed by atoms with Gasteiger partial charge in [-0.3, -0.25) is 4.68 Å². The maximum atomic E-state index is 4.11. The zero-order chi connectivity index (χ0) is 8.27. The highest BCUT2D eigenvalue weighted by molar-refractivity contribution is 9.10. The van der Waals surface area contributed by atoms with Crippen molar-refractivity contribution in [2.45, 2.75) is 6.42 Å². The van der Waals surface area contributed by atoms with Crippen LogP contribution < -0.4 is 5.32 Å². The van der Waals surface area contributed by atoms with Crippen molar-refractivity contribution in [2.75, 3.05) is 13.6 Å². The van der Waals surface area contributed by atoms with Crippen molar-refractivity contribution in [3.8, 4) is 0 Å². The molecule has 62 valence electrons.